The van der Waals surface area contributed by atoms with Gasteiger partial charge in [-0.1, -0.05) is 45.4 Å². The standard InChI is InChI=1S/C26H34F4O2/c1-2-3-4-5-17-6-8-18(9-7-17)19-10-12-20(13-11-19)24(27)25(28)21-14-15-22-23(16-21)32-26(29,30)31-22/h14-20H,2-13H2,1H3/b25-24+. The second-order valence-corrected chi connectivity index (χ2v) is 9.88. The third-order valence-electron chi connectivity index (χ3n) is 7.77. The van der Waals surface area contributed by atoms with Crippen molar-refractivity contribution in [3.8, 4) is 11.5 Å². The molecule has 0 bridgehead atoms. The van der Waals surface area contributed by atoms with E-state index in [4.69, 9.17) is 0 Å². The van der Waals surface area contributed by atoms with Crippen molar-refractivity contribution in [2.45, 2.75) is 90.3 Å². The molecule has 32 heavy (non-hydrogen) atoms. The lowest BCUT2D eigenvalue weighted by Gasteiger charge is -2.37. The van der Waals surface area contributed by atoms with Crippen LogP contribution in [0, 0.1) is 23.7 Å². The first-order valence-corrected chi connectivity index (χ1v) is 12.3. The molecule has 1 aromatic rings. The number of halogens is 4. The number of hydrogen-bond donors (Lipinski definition) is 0. The lowest BCUT2D eigenvalue weighted by Crippen LogP contribution is -2.26. The molecule has 0 atom stereocenters. The fourth-order valence-corrected chi connectivity index (χ4v) is 5.88. The number of fused-ring (bicyclic) bond motifs is 1. The van der Waals surface area contributed by atoms with Crippen LogP contribution in [0.1, 0.15) is 89.5 Å². The molecule has 0 spiro atoms. The first-order chi connectivity index (χ1) is 15.4. The zero-order valence-electron chi connectivity index (χ0n) is 18.9. The highest BCUT2D eigenvalue weighted by Gasteiger charge is 2.43. The maximum absolute atomic E-state index is 14.9. The van der Waals surface area contributed by atoms with Gasteiger partial charge in [0.05, 0.1) is 0 Å². The van der Waals surface area contributed by atoms with E-state index in [1.807, 2.05) is 0 Å². The van der Waals surface area contributed by atoms with Crippen LogP contribution in [0.5, 0.6) is 11.5 Å². The smallest absolute Gasteiger partial charge is 0.395 e. The van der Waals surface area contributed by atoms with E-state index in [0.717, 1.165) is 30.7 Å². The van der Waals surface area contributed by atoms with Gasteiger partial charge in [-0.05, 0) is 74.5 Å². The van der Waals surface area contributed by atoms with Crippen LogP contribution in [0.4, 0.5) is 17.6 Å². The highest BCUT2D eigenvalue weighted by Crippen LogP contribution is 2.46. The average molecular weight is 455 g/mol. The molecule has 1 aliphatic heterocycles. The van der Waals surface area contributed by atoms with Gasteiger partial charge in [0.15, 0.2) is 17.3 Å². The van der Waals surface area contributed by atoms with Crippen LogP contribution in [0.15, 0.2) is 24.0 Å². The van der Waals surface area contributed by atoms with Crippen LogP contribution in [-0.4, -0.2) is 6.29 Å². The summed E-state index contributed by atoms with van der Waals surface area (Å²) >= 11 is 0. The predicted molar refractivity (Wildman–Crippen MR) is 117 cm³/mol. The van der Waals surface area contributed by atoms with Crippen LogP contribution in [0.25, 0.3) is 5.83 Å². The highest BCUT2D eigenvalue weighted by molar-refractivity contribution is 5.65. The van der Waals surface area contributed by atoms with E-state index in [0.29, 0.717) is 18.8 Å². The minimum absolute atomic E-state index is 0.0916. The summed E-state index contributed by atoms with van der Waals surface area (Å²) in [6, 6.07) is 3.52. The lowest BCUT2D eigenvalue weighted by atomic mass is 9.68. The number of hydrogen-bond acceptors (Lipinski definition) is 2. The van der Waals surface area contributed by atoms with Gasteiger partial charge in [0.1, 0.15) is 5.83 Å². The molecule has 2 fully saturated rings. The quantitative estimate of drug-likeness (QED) is 0.303. The van der Waals surface area contributed by atoms with E-state index >= 15 is 0 Å². The van der Waals surface area contributed by atoms with E-state index in [2.05, 4.69) is 16.4 Å². The highest BCUT2D eigenvalue weighted by atomic mass is 19.3. The van der Waals surface area contributed by atoms with Crippen molar-refractivity contribution in [2.24, 2.45) is 23.7 Å². The van der Waals surface area contributed by atoms with Crippen molar-refractivity contribution in [3.05, 3.63) is 29.6 Å². The molecule has 0 amide bonds. The number of ether oxygens (including phenoxy) is 2. The third kappa shape index (κ3) is 5.43. The zero-order chi connectivity index (χ0) is 22.7. The summed E-state index contributed by atoms with van der Waals surface area (Å²) in [7, 11) is 0. The van der Waals surface area contributed by atoms with Gasteiger partial charge >= 0.3 is 6.29 Å². The van der Waals surface area contributed by atoms with Gasteiger partial charge in [-0.25, -0.2) is 8.78 Å². The molecule has 6 heteroatoms. The molecule has 2 saturated carbocycles. The van der Waals surface area contributed by atoms with E-state index in [1.165, 1.54) is 63.5 Å². The lowest BCUT2D eigenvalue weighted by molar-refractivity contribution is -0.286. The van der Waals surface area contributed by atoms with E-state index in [-0.39, 0.29) is 17.1 Å². The molecule has 1 aromatic carbocycles. The zero-order valence-corrected chi connectivity index (χ0v) is 18.9. The number of allylic oxidation sites excluding steroid dienone is 1. The molecule has 4 rings (SSSR count). The van der Waals surface area contributed by atoms with Gasteiger partial charge in [0.25, 0.3) is 0 Å². The summed E-state index contributed by atoms with van der Waals surface area (Å²) < 4.78 is 64.8. The summed E-state index contributed by atoms with van der Waals surface area (Å²) in [6.45, 7) is 2.24. The average Bonchev–Trinajstić information content (AvgIpc) is 3.12. The fraction of sp³-hybridized carbons (Fsp3) is 0.692. The van der Waals surface area contributed by atoms with E-state index < -0.39 is 23.9 Å². The SMILES string of the molecule is CCCCCC1CCC(C2CCC(/C(F)=C(\F)c3ccc4c(c3)OC(F)(F)O4)CC2)CC1. The van der Waals surface area contributed by atoms with Crippen LogP contribution in [-0.2, 0) is 0 Å². The van der Waals surface area contributed by atoms with Gasteiger partial charge in [0.2, 0.25) is 0 Å². The predicted octanol–water partition coefficient (Wildman–Crippen LogP) is 8.81. The summed E-state index contributed by atoms with van der Waals surface area (Å²) in [5.41, 5.74) is -0.0916. The van der Waals surface area contributed by atoms with Crippen molar-refractivity contribution in [1.82, 2.24) is 0 Å². The third-order valence-corrected chi connectivity index (χ3v) is 7.77. The van der Waals surface area contributed by atoms with E-state index in [1.54, 1.807) is 0 Å². The van der Waals surface area contributed by atoms with Gasteiger partial charge in [-0.15, -0.1) is 8.78 Å². The molecule has 0 N–H and O–H groups in total. The van der Waals surface area contributed by atoms with Gasteiger partial charge in [0, 0.05) is 11.5 Å². The maximum Gasteiger partial charge on any atom is 0.586 e. The monoisotopic (exact) mass is 454 g/mol. The molecule has 178 valence electrons. The van der Waals surface area contributed by atoms with Crippen LogP contribution in [0.2, 0.25) is 0 Å². The molecule has 2 aliphatic carbocycles. The summed E-state index contributed by atoms with van der Waals surface area (Å²) in [6.07, 6.45) is 9.89. The maximum atomic E-state index is 14.9. The number of alkyl halides is 2. The molecular weight excluding hydrogens is 420 g/mol. The Bertz CT molecular complexity index is 806. The molecule has 0 radical (unpaired) electrons. The molecule has 0 saturated heterocycles. The normalized spacial score (nSPS) is 30.2. The van der Waals surface area contributed by atoms with Gasteiger partial charge < -0.3 is 9.47 Å². The minimum Gasteiger partial charge on any atom is -0.395 e. The largest absolute Gasteiger partial charge is 0.586 e. The number of benzene rings is 1. The van der Waals surface area contributed by atoms with Crippen molar-refractivity contribution in [3.63, 3.8) is 0 Å². The van der Waals surface area contributed by atoms with Crippen LogP contribution in [0.3, 0.4) is 0 Å². The van der Waals surface area contributed by atoms with Crippen molar-refractivity contribution in [2.75, 3.05) is 0 Å². The molecule has 2 nitrogen and oxygen atoms in total. The summed E-state index contributed by atoms with van der Waals surface area (Å²) in [5.74, 6) is -0.417. The fourth-order valence-electron chi connectivity index (χ4n) is 5.88. The Morgan fingerprint density at radius 2 is 1.50 bits per heavy atom. The Morgan fingerprint density at radius 3 is 2.16 bits per heavy atom. The topological polar surface area (TPSA) is 18.5 Å². The molecule has 3 aliphatic rings. The summed E-state index contributed by atoms with van der Waals surface area (Å²) in [5, 5.41) is 0. The van der Waals surface area contributed by atoms with Crippen LogP contribution >= 0.6 is 0 Å². The van der Waals surface area contributed by atoms with Crippen molar-refractivity contribution in [1.29, 1.82) is 0 Å². The Hall–Kier alpha value is -1.72. The molecule has 0 unspecified atom stereocenters. The molecule has 0 aromatic heterocycles. The Balaban J connectivity index is 1.29. The Kier molecular flexibility index (Phi) is 7.36. The second kappa shape index (κ2) is 10.0. The first kappa shape index (κ1) is 23.4. The van der Waals surface area contributed by atoms with Crippen molar-refractivity contribution >= 4 is 5.83 Å². The molecular formula is C26H34F4O2. The first-order valence-electron chi connectivity index (χ1n) is 12.3. The number of unbranched alkanes of at least 4 members (excludes halogenated alkanes) is 2. The molecule has 1 heterocycles. The second-order valence-electron chi connectivity index (χ2n) is 9.88. The van der Waals surface area contributed by atoms with Crippen molar-refractivity contribution < 1.29 is 27.0 Å². The van der Waals surface area contributed by atoms with Gasteiger partial charge in [-0.3, -0.25) is 0 Å². The minimum atomic E-state index is -3.77. The van der Waals surface area contributed by atoms with E-state index in [9.17, 15) is 17.6 Å². The number of rotatable bonds is 7. The van der Waals surface area contributed by atoms with Crippen LogP contribution < -0.4 is 9.47 Å². The van der Waals surface area contributed by atoms with Gasteiger partial charge in [-0.2, -0.15) is 0 Å². The Morgan fingerprint density at radius 1 is 0.875 bits per heavy atom. The summed E-state index contributed by atoms with van der Waals surface area (Å²) in [4.78, 5) is 0. The Labute approximate surface area is 188 Å².